The Balaban J connectivity index is 1.37. The Morgan fingerprint density at radius 1 is 0.484 bits per heavy atom. The van der Waals surface area contributed by atoms with Crippen molar-refractivity contribution in [1.29, 1.82) is 0 Å². The average Bonchev–Trinajstić information content (AvgIpc) is 2.84. The van der Waals surface area contributed by atoms with Crippen molar-refractivity contribution in [2.45, 2.75) is 0 Å². The lowest BCUT2D eigenvalue weighted by Crippen LogP contribution is -2.11. The van der Waals surface area contributed by atoms with E-state index in [1.54, 1.807) is 0 Å². The van der Waals surface area contributed by atoms with Crippen LogP contribution in [0, 0.1) is 0 Å². The maximum Gasteiger partial charge on any atom is 0.576 e. The Morgan fingerprint density at radius 3 is 1.45 bits per heavy atom. The lowest BCUT2D eigenvalue weighted by atomic mass is 10.0. The lowest BCUT2D eigenvalue weighted by Gasteiger charge is -2.13. The van der Waals surface area contributed by atoms with E-state index < -0.39 is 0 Å². The summed E-state index contributed by atoms with van der Waals surface area (Å²) in [6, 6.07) is 28.4. The van der Waals surface area contributed by atoms with Gasteiger partial charge in [0.1, 0.15) is 11.5 Å². The SMILES string of the molecule is B(Oc1cccc2ccc3cccnc3c12)Oc1cccc2ccc3cccnc3c12. The van der Waals surface area contributed by atoms with Crippen LogP contribution >= 0.6 is 0 Å². The fraction of sp³-hybridized carbons (Fsp3) is 0. The van der Waals surface area contributed by atoms with E-state index in [2.05, 4.69) is 58.5 Å². The van der Waals surface area contributed by atoms with Gasteiger partial charge in [0.2, 0.25) is 0 Å². The van der Waals surface area contributed by atoms with Gasteiger partial charge in [0, 0.05) is 33.9 Å². The molecule has 0 fully saturated rings. The first-order valence-electron chi connectivity index (χ1n) is 10.2. The van der Waals surface area contributed by atoms with Gasteiger partial charge in [0.15, 0.2) is 0 Å². The number of hydrogen-bond acceptors (Lipinski definition) is 4. The molecule has 31 heavy (non-hydrogen) atoms. The van der Waals surface area contributed by atoms with Crippen molar-refractivity contribution in [3.05, 3.63) is 97.3 Å². The molecule has 0 aliphatic heterocycles. The molecule has 4 aromatic carbocycles. The van der Waals surface area contributed by atoms with E-state index in [1.807, 2.05) is 48.8 Å². The summed E-state index contributed by atoms with van der Waals surface area (Å²) in [5.74, 6) is 1.51. The van der Waals surface area contributed by atoms with Crippen molar-refractivity contribution < 1.29 is 9.31 Å². The van der Waals surface area contributed by atoms with Crippen LogP contribution in [-0.4, -0.2) is 17.7 Å². The summed E-state index contributed by atoms with van der Waals surface area (Å²) < 4.78 is 12.2. The van der Waals surface area contributed by atoms with E-state index in [4.69, 9.17) is 9.31 Å². The van der Waals surface area contributed by atoms with Crippen LogP contribution in [0.1, 0.15) is 0 Å². The van der Waals surface area contributed by atoms with Crippen LogP contribution in [0.25, 0.3) is 43.4 Å². The Bertz CT molecular complexity index is 1460. The van der Waals surface area contributed by atoms with E-state index in [0.717, 1.165) is 54.8 Å². The first-order chi connectivity index (χ1) is 15.4. The molecule has 0 saturated heterocycles. The highest BCUT2D eigenvalue weighted by Gasteiger charge is 2.11. The molecule has 0 aliphatic rings. The molecule has 6 aromatic rings. The van der Waals surface area contributed by atoms with Crippen molar-refractivity contribution in [2.24, 2.45) is 0 Å². The van der Waals surface area contributed by atoms with Gasteiger partial charge < -0.3 is 9.31 Å². The molecule has 0 aliphatic carbocycles. The Kier molecular flexibility index (Phi) is 4.17. The molecule has 2 aromatic heterocycles. The molecule has 0 radical (unpaired) electrons. The molecular weight excluding hydrogens is 383 g/mol. The van der Waals surface area contributed by atoms with Crippen LogP contribution in [0.4, 0.5) is 0 Å². The molecule has 146 valence electrons. The van der Waals surface area contributed by atoms with Gasteiger partial charge in [-0.15, -0.1) is 0 Å². The smallest absolute Gasteiger partial charge is 0.528 e. The van der Waals surface area contributed by atoms with Crippen LogP contribution in [0.15, 0.2) is 97.3 Å². The van der Waals surface area contributed by atoms with Crippen LogP contribution in [0.2, 0.25) is 0 Å². The number of pyridine rings is 2. The second-order valence-corrected chi connectivity index (χ2v) is 7.40. The zero-order chi connectivity index (χ0) is 20.6. The summed E-state index contributed by atoms with van der Waals surface area (Å²) in [6.07, 6.45) is 3.62. The summed E-state index contributed by atoms with van der Waals surface area (Å²) in [5.41, 5.74) is 1.85. The summed E-state index contributed by atoms with van der Waals surface area (Å²) in [7, 11) is 0.0880. The lowest BCUT2D eigenvalue weighted by molar-refractivity contribution is 0.465. The number of hydrogen-bond donors (Lipinski definition) is 0. The second-order valence-electron chi connectivity index (χ2n) is 7.40. The van der Waals surface area contributed by atoms with Crippen molar-refractivity contribution in [2.75, 3.05) is 0 Å². The molecule has 0 N–H and O–H groups in total. The quantitative estimate of drug-likeness (QED) is 0.277. The van der Waals surface area contributed by atoms with E-state index in [9.17, 15) is 0 Å². The monoisotopic (exact) mass is 400 g/mol. The summed E-state index contributed by atoms with van der Waals surface area (Å²) in [6.45, 7) is 0. The summed E-state index contributed by atoms with van der Waals surface area (Å²) >= 11 is 0. The Hall–Kier alpha value is -4.12. The van der Waals surface area contributed by atoms with Gasteiger partial charge in [-0.1, -0.05) is 60.7 Å². The van der Waals surface area contributed by atoms with Crippen molar-refractivity contribution in [3.63, 3.8) is 0 Å². The Morgan fingerprint density at radius 2 is 0.935 bits per heavy atom. The fourth-order valence-corrected chi connectivity index (χ4v) is 4.16. The predicted octanol–water partition coefficient (Wildman–Crippen LogP) is 5.81. The average molecular weight is 400 g/mol. The van der Waals surface area contributed by atoms with Crippen LogP contribution in [0.3, 0.4) is 0 Å². The molecule has 0 bridgehead atoms. The minimum Gasteiger partial charge on any atom is -0.528 e. The van der Waals surface area contributed by atoms with Crippen LogP contribution in [-0.2, 0) is 0 Å². The molecule has 2 heterocycles. The fourth-order valence-electron chi connectivity index (χ4n) is 4.16. The maximum absolute atomic E-state index is 6.11. The van der Waals surface area contributed by atoms with E-state index in [1.165, 1.54) is 0 Å². The van der Waals surface area contributed by atoms with Crippen LogP contribution in [0.5, 0.6) is 11.5 Å². The van der Waals surface area contributed by atoms with E-state index in [-0.39, 0.29) is 7.69 Å². The predicted molar refractivity (Wildman–Crippen MR) is 127 cm³/mol. The normalized spacial score (nSPS) is 11.2. The highest BCUT2D eigenvalue weighted by Crippen LogP contribution is 2.33. The molecule has 5 heteroatoms. The minimum atomic E-state index is 0.0880. The number of nitrogens with zero attached hydrogens (tertiary/aromatic N) is 2. The summed E-state index contributed by atoms with van der Waals surface area (Å²) in [5, 5.41) is 6.33. The van der Waals surface area contributed by atoms with Gasteiger partial charge in [-0.2, -0.15) is 0 Å². The molecule has 0 spiro atoms. The second kappa shape index (κ2) is 7.29. The highest BCUT2D eigenvalue weighted by atomic mass is 16.6. The van der Waals surface area contributed by atoms with E-state index in [0.29, 0.717) is 0 Å². The first-order valence-corrected chi connectivity index (χ1v) is 10.2. The number of aromatic nitrogens is 2. The maximum atomic E-state index is 6.11. The third-order valence-electron chi connectivity index (χ3n) is 5.58. The molecule has 4 nitrogen and oxygen atoms in total. The zero-order valence-corrected chi connectivity index (χ0v) is 16.7. The zero-order valence-electron chi connectivity index (χ0n) is 16.7. The molecule has 6 rings (SSSR count). The van der Waals surface area contributed by atoms with Crippen molar-refractivity contribution in [1.82, 2.24) is 9.97 Å². The van der Waals surface area contributed by atoms with Crippen molar-refractivity contribution >= 4 is 51.0 Å². The van der Waals surface area contributed by atoms with Gasteiger partial charge in [-0.05, 0) is 35.0 Å². The van der Waals surface area contributed by atoms with Gasteiger partial charge in [0.05, 0.1) is 11.0 Å². The third-order valence-corrected chi connectivity index (χ3v) is 5.58. The molecular formula is C26H17BN2O2. The van der Waals surface area contributed by atoms with Gasteiger partial charge in [-0.25, -0.2) is 0 Å². The highest BCUT2D eigenvalue weighted by molar-refractivity contribution is 6.23. The van der Waals surface area contributed by atoms with Gasteiger partial charge >= 0.3 is 7.69 Å². The molecule has 0 atom stereocenters. The number of rotatable bonds is 4. The Labute approximate surface area is 179 Å². The number of fused-ring (bicyclic) bond motifs is 6. The standard InChI is InChI=1S/C26H17BN2O2/c1-5-17-11-13-19-7-3-15-28-25(19)23(17)21(9-1)30-27-31-22-10-2-6-18-12-14-20-8-4-16-29-26(20)24(18)22/h1-16,27H. The van der Waals surface area contributed by atoms with Crippen molar-refractivity contribution in [3.8, 4) is 11.5 Å². The summed E-state index contributed by atoms with van der Waals surface area (Å²) in [4.78, 5) is 9.16. The largest absolute Gasteiger partial charge is 0.576 e. The third kappa shape index (κ3) is 3.02. The van der Waals surface area contributed by atoms with Gasteiger partial charge in [-0.3, -0.25) is 9.97 Å². The van der Waals surface area contributed by atoms with Gasteiger partial charge in [0.25, 0.3) is 0 Å². The minimum absolute atomic E-state index is 0.0880. The number of benzene rings is 4. The molecule has 0 saturated carbocycles. The topological polar surface area (TPSA) is 44.2 Å². The first kappa shape index (κ1) is 17.7. The molecule has 0 unspecified atom stereocenters. The van der Waals surface area contributed by atoms with Crippen LogP contribution < -0.4 is 9.31 Å². The molecule has 0 amide bonds. The van der Waals surface area contributed by atoms with E-state index >= 15 is 0 Å².